The van der Waals surface area contributed by atoms with Crippen LogP contribution in [0.15, 0.2) is 12.2 Å². The molecule has 62 heavy (non-hydrogen) atoms. The van der Waals surface area contributed by atoms with Gasteiger partial charge in [0.25, 0.3) is 0 Å². The van der Waals surface area contributed by atoms with Crippen LogP contribution in [0.25, 0.3) is 0 Å². The molecule has 0 aromatic carbocycles. The maximum Gasteiger partial charge on any atom is 0.306 e. The molecular weight excluding hydrogens is 769 g/mol. The molecule has 6 nitrogen and oxygen atoms in total. The number of hydrogen-bond acceptors (Lipinski definition) is 6. The molecule has 0 spiro atoms. The third kappa shape index (κ3) is 49.2. The van der Waals surface area contributed by atoms with Crippen LogP contribution in [0.4, 0.5) is 0 Å². The van der Waals surface area contributed by atoms with E-state index in [1.165, 1.54) is 205 Å². The van der Waals surface area contributed by atoms with Crippen LogP contribution in [0, 0.1) is 0 Å². The van der Waals surface area contributed by atoms with Crippen molar-refractivity contribution < 1.29 is 28.6 Å². The summed E-state index contributed by atoms with van der Waals surface area (Å²) in [6.07, 6.45) is 57.8. The molecule has 0 radical (unpaired) electrons. The standard InChI is InChI=1S/C56H106O6/c1-4-7-10-13-16-19-21-23-25-27-28-29-31-32-34-37-40-43-46-49-55(58)61-52-53(51-60-54(57)48-45-42-39-36-18-15-12-9-6-3)62-56(59)50-47-44-41-38-35-33-30-26-24-22-20-17-14-11-8-5-2/h26,30,53H,4-25,27-29,31-52H2,1-3H3/b30-26-/t53-/m1/s1. The van der Waals surface area contributed by atoms with Gasteiger partial charge in [-0.1, -0.05) is 258 Å². The van der Waals surface area contributed by atoms with E-state index in [1.54, 1.807) is 0 Å². The molecule has 0 heterocycles. The second-order valence-corrected chi connectivity index (χ2v) is 18.9. The molecule has 0 saturated heterocycles. The summed E-state index contributed by atoms with van der Waals surface area (Å²) in [5.41, 5.74) is 0. The summed E-state index contributed by atoms with van der Waals surface area (Å²) in [7, 11) is 0. The average molecular weight is 875 g/mol. The summed E-state index contributed by atoms with van der Waals surface area (Å²) in [4.78, 5) is 38.0. The zero-order valence-electron chi connectivity index (χ0n) is 41.9. The number of rotatable bonds is 51. The van der Waals surface area contributed by atoms with Crippen LogP contribution < -0.4 is 0 Å². The number of ether oxygens (including phenoxy) is 3. The van der Waals surface area contributed by atoms with Crippen LogP contribution in [0.3, 0.4) is 0 Å². The quantitative estimate of drug-likeness (QED) is 0.0262. The molecule has 0 aromatic rings. The summed E-state index contributed by atoms with van der Waals surface area (Å²) in [5, 5.41) is 0. The fourth-order valence-electron chi connectivity index (χ4n) is 8.32. The lowest BCUT2D eigenvalue weighted by atomic mass is 10.0. The van der Waals surface area contributed by atoms with E-state index in [2.05, 4.69) is 32.9 Å². The number of hydrogen-bond donors (Lipinski definition) is 0. The second-order valence-electron chi connectivity index (χ2n) is 18.9. The van der Waals surface area contributed by atoms with E-state index < -0.39 is 6.10 Å². The van der Waals surface area contributed by atoms with Crippen molar-refractivity contribution in [1.82, 2.24) is 0 Å². The molecule has 0 unspecified atom stereocenters. The largest absolute Gasteiger partial charge is 0.462 e. The SMILES string of the molecule is CCCCCCCCC/C=C\CCCCCCCC(=O)O[C@H](COC(=O)CCCCCCCCCCC)COC(=O)CCCCCCCCCCCCCCCCCCCCC. The monoisotopic (exact) mass is 875 g/mol. The molecule has 0 aliphatic rings. The maximum atomic E-state index is 12.8. The normalized spacial score (nSPS) is 12.0. The highest BCUT2D eigenvalue weighted by molar-refractivity contribution is 5.71. The minimum Gasteiger partial charge on any atom is -0.462 e. The number of carbonyl (C=O) groups excluding carboxylic acids is 3. The van der Waals surface area contributed by atoms with E-state index in [0.717, 1.165) is 64.2 Å². The Hall–Kier alpha value is -1.85. The number of esters is 3. The molecule has 0 rings (SSSR count). The van der Waals surface area contributed by atoms with Crippen LogP contribution in [0.2, 0.25) is 0 Å². The Morgan fingerprint density at radius 2 is 0.532 bits per heavy atom. The van der Waals surface area contributed by atoms with Crippen molar-refractivity contribution in [1.29, 1.82) is 0 Å². The first-order chi connectivity index (χ1) is 30.5. The predicted molar refractivity (Wildman–Crippen MR) is 266 cm³/mol. The minimum absolute atomic E-state index is 0.0680. The van der Waals surface area contributed by atoms with Gasteiger partial charge in [0.15, 0.2) is 6.10 Å². The fraction of sp³-hybridized carbons (Fsp3) is 0.911. The summed E-state index contributed by atoms with van der Waals surface area (Å²) in [6.45, 7) is 6.66. The minimum atomic E-state index is -0.767. The van der Waals surface area contributed by atoms with Crippen LogP contribution in [0.5, 0.6) is 0 Å². The van der Waals surface area contributed by atoms with Gasteiger partial charge in [0.2, 0.25) is 0 Å². The lowest BCUT2D eigenvalue weighted by molar-refractivity contribution is -0.167. The van der Waals surface area contributed by atoms with Gasteiger partial charge >= 0.3 is 17.9 Å². The van der Waals surface area contributed by atoms with E-state index in [1.807, 2.05) is 0 Å². The number of unbranched alkanes of at least 4 members (excludes halogenated alkanes) is 38. The van der Waals surface area contributed by atoms with Crippen LogP contribution in [0.1, 0.15) is 310 Å². The van der Waals surface area contributed by atoms with Gasteiger partial charge in [0.05, 0.1) is 0 Å². The zero-order chi connectivity index (χ0) is 45.1. The molecule has 0 fully saturated rings. The first-order valence-electron chi connectivity index (χ1n) is 27.7. The number of allylic oxidation sites excluding steroid dienone is 2. The van der Waals surface area contributed by atoms with Gasteiger partial charge in [0, 0.05) is 19.3 Å². The Bertz CT molecular complexity index is 962. The van der Waals surface area contributed by atoms with E-state index in [0.29, 0.717) is 19.3 Å². The molecule has 366 valence electrons. The molecule has 6 heteroatoms. The van der Waals surface area contributed by atoms with Crippen molar-refractivity contribution in [2.24, 2.45) is 0 Å². The summed E-state index contributed by atoms with van der Waals surface area (Å²) in [6, 6.07) is 0. The average Bonchev–Trinajstić information content (AvgIpc) is 3.27. The van der Waals surface area contributed by atoms with Crippen molar-refractivity contribution >= 4 is 17.9 Å². The zero-order valence-corrected chi connectivity index (χ0v) is 41.9. The van der Waals surface area contributed by atoms with Gasteiger partial charge in [-0.05, 0) is 44.9 Å². The van der Waals surface area contributed by atoms with Crippen LogP contribution >= 0.6 is 0 Å². The van der Waals surface area contributed by atoms with Gasteiger partial charge in [-0.2, -0.15) is 0 Å². The molecule has 0 aromatic heterocycles. The van der Waals surface area contributed by atoms with Crippen LogP contribution in [-0.2, 0) is 28.6 Å². The molecular formula is C56H106O6. The highest BCUT2D eigenvalue weighted by Crippen LogP contribution is 2.17. The van der Waals surface area contributed by atoms with E-state index in [9.17, 15) is 14.4 Å². The number of carbonyl (C=O) groups is 3. The molecule has 0 N–H and O–H groups in total. The molecule has 0 bridgehead atoms. The first kappa shape index (κ1) is 60.2. The van der Waals surface area contributed by atoms with Crippen molar-refractivity contribution in [3.63, 3.8) is 0 Å². The molecule has 0 aliphatic carbocycles. The first-order valence-corrected chi connectivity index (χ1v) is 27.7. The Kier molecular flexibility index (Phi) is 50.2. The maximum absolute atomic E-state index is 12.8. The van der Waals surface area contributed by atoms with Crippen molar-refractivity contribution in [2.45, 2.75) is 316 Å². The van der Waals surface area contributed by atoms with E-state index >= 15 is 0 Å². The molecule has 1 atom stereocenters. The van der Waals surface area contributed by atoms with Gasteiger partial charge in [0.1, 0.15) is 13.2 Å². The highest BCUT2D eigenvalue weighted by atomic mass is 16.6. The summed E-state index contributed by atoms with van der Waals surface area (Å²) in [5.74, 6) is -0.859. The molecule has 0 amide bonds. The molecule has 0 saturated carbocycles. The third-order valence-electron chi connectivity index (χ3n) is 12.5. The third-order valence-corrected chi connectivity index (χ3v) is 12.5. The van der Waals surface area contributed by atoms with Crippen LogP contribution in [-0.4, -0.2) is 37.2 Å². The summed E-state index contributed by atoms with van der Waals surface area (Å²) < 4.78 is 16.8. The van der Waals surface area contributed by atoms with Gasteiger partial charge in [-0.15, -0.1) is 0 Å². The Morgan fingerprint density at radius 3 is 0.806 bits per heavy atom. The summed E-state index contributed by atoms with van der Waals surface area (Å²) >= 11 is 0. The Labute approximate surface area is 386 Å². The lowest BCUT2D eigenvalue weighted by Gasteiger charge is -2.18. The van der Waals surface area contributed by atoms with Gasteiger partial charge in [-0.25, -0.2) is 0 Å². The van der Waals surface area contributed by atoms with Crippen molar-refractivity contribution in [3.05, 3.63) is 12.2 Å². The Morgan fingerprint density at radius 1 is 0.306 bits per heavy atom. The fourth-order valence-corrected chi connectivity index (χ4v) is 8.32. The van der Waals surface area contributed by atoms with Gasteiger partial charge < -0.3 is 14.2 Å². The Balaban J connectivity index is 4.24. The highest BCUT2D eigenvalue weighted by Gasteiger charge is 2.19. The lowest BCUT2D eigenvalue weighted by Crippen LogP contribution is -2.30. The second kappa shape index (κ2) is 51.8. The van der Waals surface area contributed by atoms with Crippen molar-refractivity contribution in [3.8, 4) is 0 Å². The molecule has 0 aliphatic heterocycles. The predicted octanol–water partition coefficient (Wildman–Crippen LogP) is 18.2. The topological polar surface area (TPSA) is 78.9 Å². The smallest absolute Gasteiger partial charge is 0.306 e. The van der Waals surface area contributed by atoms with E-state index in [4.69, 9.17) is 14.2 Å². The van der Waals surface area contributed by atoms with E-state index in [-0.39, 0.29) is 31.1 Å². The van der Waals surface area contributed by atoms with Crippen molar-refractivity contribution in [2.75, 3.05) is 13.2 Å². The van der Waals surface area contributed by atoms with Gasteiger partial charge in [-0.3, -0.25) is 14.4 Å².